The molecule has 22 heavy (non-hydrogen) atoms. The molecule has 1 aliphatic rings. The molecule has 0 saturated carbocycles. The lowest BCUT2D eigenvalue weighted by atomic mass is 10.3. The molecule has 1 N–H and O–H groups in total. The number of nitrogens with zero attached hydrogens (tertiary/aromatic N) is 2. The molecule has 1 aromatic carbocycles. The van der Waals surface area contributed by atoms with Gasteiger partial charge in [0.25, 0.3) is 0 Å². The van der Waals surface area contributed by atoms with Crippen molar-refractivity contribution < 1.29 is 4.79 Å². The molecule has 0 unspecified atom stereocenters. The monoisotopic (exact) mass is 341 g/mol. The zero-order chi connectivity index (χ0) is 15.8. The summed E-state index contributed by atoms with van der Waals surface area (Å²) in [6.45, 7) is 6.35. The van der Waals surface area contributed by atoms with E-state index in [0.29, 0.717) is 10.8 Å². The van der Waals surface area contributed by atoms with Crippen molar-refractivity contribution in [3.63, 3.8) is 0 Å². The molecule has 0 spiro atoms. The third-order valence-corrected chi connectivity index (χ3v) is 5.28. The number of carbonyl (C=O) groups is 1. The van der Waals surface area contributed by atoms with Crippen molar-refractivity contribution >= 4 is 29.3 Å². The van der Waals surface area contributed by atoms with E-state index < -0.39 is 0 Å². The number of carbonyl (C=O) groups excluding carboxylic acids is 1. The summed E-state index contributed by atoms with van der Waals surface area (Å²) in [4.78, 5) is 17.6. The number of benzene rings is 1. The van der Waals surface area contributed by atoms with Crippen LogP contribution in [-0.4, -0.2) is 67.8 Å². The molecule has 0 bridgehead atoms. The average Bonchev–Trinajstić information content (AvgIpc) is 2.52. The molecule has 0 atom stereocenters. The summed E-state index contributed by atoms with van der Waals surface area (Å²) in [7, 11) is 2.16. The average molecular weight is 342 g/mol. The van der Waals surface area contributed by atoms with Gasteiger partial charge in [-0.2, -0.15) is 0 Å². The predicted molar refractivity (Wildman–Crippen MR) is 93.7 cm³/mol. The van der Waals surface area contributed by atoms with E-state index in [4.69, 9.17) is 11.6 Å². The van der Waals surface area contributed by atoms with Gasteiger partial charge in [-0.1, -0.05) is 23.7 Å². The van der Waals surface area contributed by atoms with Gasteiger partial charge in [-0.25, -0.2) is 0 Å². The Hall–Kier alpha value is -0.750. The van der Waals surface area contributed by atoms with Gasteiger partial charge in [0.05, 0.1) is 10.8 Å². The van der Waals surface area contributed by atoms with Gasteiger partial charge in [-0.05, 0) is 32.1 Å². The molecule has 1 fully saturated rings. The zero-order valence-corrected chi connectivity index (χ0v) is 14.6. The summed E-state index contributed by atoms with van der Waals surface area (Å²) in [5, 5.41) is 3.68. The number of amides is 1. The summed E-state index contributed by atoms with van der Waals surface area (Å²) in [6, 6.07) is 7.61. The van der Waals surface area contributed by atoms with Crippen molar-refractivity contribution in [3.05, 3.63) is 29.3 Å². The fourth-order valence-corrected chi connectivity index (χ4v) is 3.43. The normalized spacial score (nSPS) is 16.6. The molecular formula is C16H24ClN3OS. The van der Waals surface area contributed by atoms with Crippen LogP contribution < -0.4 is 5.32 Å². The van der Waals surface area contributed by atoms with E-state index in [0.717, 1.165) is 50.6 Å². The molecule has 1 amide bonds. The van der Waals surface area contributed by atoms with Crippen molar-refractivity contribution in [1.82, 2.24) is 15.1 Å². The van der Waals surface area contributed by atoms with Crippen molar-refractivity contribution in [2.45, 2.75) is 11.3 Å². The Morgan fingerprint density at radius 1 is 1.27 bits per heavy atom. The first kappa shape index (κ1) is 17.6. The molecule has 1 aromatic rings. The van der Waals surface area contributed by atoms with Crippen molar-refractivity contribution in [3.8, 4) is 0 Å². The molecule has 6 heteroatoms. The summed E-state index contributed by atoms with van der Waals surface area (Å²) >= 11 is 7.55. The number of rotatable bonds is 7. The molecule has 1 heterocycles. The molecule has 0 aromatic heterocycles. The third-order valence-electron chi connectivity index (χ3n) is 3.76. The maximum atomic E-state index is 11.8. The van der Waals surface area contributed by atoms with Crippen molar-refractivity contribution in [1.29, 1.82) is 0 Å². The lowest BCUT2D eigenvalue weighted by Crippen LogP contribution is -2.45. The fraction of sp³-hybridized carbons (Fsp3) is 0.562. The Balaban J connectivity index is 1.55. The van der Waals surface area contributed by atoms with E-state index in [1.165, 1.54) is 11.8 Å². The minimum atomic E-state index is 0.0725. The number of hydrogen-bond donors (Lipinski definition) is 1. The van der Waals surface area contributed by atoms with Gasteiger partial charge >= 0.3 is 0 Å². The van der Waals surface area contributed by atoms with Crippen molar-refractivity contribution in [2.75, 3.05) is 52.1 Å². The second kappa shape index (κ2) is 9.40. The first-order valence-corrected chi connectivity index (χ1v) is 9.06. The zero-order valence-electron chi connectivity index (χ0n) is 13.1. The Morgan fingerprint density at radius 2 is 2.00 bits per heavy atom. The largest absolute Gasteiger partial charge is 0.355 e. The predicted octanol–water partition coefficient (Wildman–Crippen LogP) is 2.19. The van der Waals surface area contributed by atoms with Gasteiger partial charge in [0.15, 0.2) is 0 Å². The number of nitrogens with one attached hydrogen (secondary N) is 1. The van der Waals surface area contributed by atoms with E-state index in [-0.39, 0.29) is 5.91 Å². The number of hydrogen-bond acceptors (Lipinski definition) is 4. The van der Waals surface area contributed by atoms with Gasteiger partial charge < -0.3 is 15.1 Å². The second-order valence-corrected chi connectivity index (χ2v) is 6.99. The van der Waals surface area contributed by atoms with Gasteiger partial charge in [-0.15, -0.1) is 11.8 Å². The number of thioether (sulfide) groups is 1. The lowest BCUT2D eigenvalue weighted by molar-refractivity contribution is -0.118. The van der Waals surface area contributed by atoms with Crippen molar-refractivity contribution in [2.24, 2.45) is 0 Å². The third kappa shape index (κ3) is 6.16. The van der Waals surface area contributed by atoms with Crippen LogP contribution in [0.15, 0.2) is 29.2 Å². The first-order valence-electron chi connectivity index (χ1n) is 7.70. The van der Waals surface area contributed by atoms with Crippen LogP contribution in [0, 0.1) is 0 Å². The summed E-state index contributed by atoms with van der Waals surface area (Å²) in [5.74, 6) is 0.487. The van der Waals surface area contributed by atoms with Crippen LogP contribution in [0.1, 0.15) is 6.42 Å². The van der Waals surface area contributed by atoms with Crippen LogP contribution >= 0.6 is 23.4 Å². The quantitative estimate of drug-likeness (QED) is 0.609. The van der Waals surface area contributed by atoms with E-state index in [2.05, 4.69) is 22.2 Å². The highest BCUT2D eigenvalue weighted by Crippen LogP contribution is 2.26. The van der Waals surface area contributed by atoms with E-state index >= 15 is 0 Å². The SMILES string of the molecule is CN1CCN(CCCNC(=O)CSc2ccccc2Cl)CC1. The van der Waals surface area contributed by atoms with Crippen LogP contribution in [0.2, 0.25) is 5.02 Å². The van der Waals surface area contributed by atoms with Crippen LogP contribution in [-0.2, 0) is 4.79 Å². The summed E-state index contributed by atoms with van der Waals surface area (Å²) < 4.78 is 0. The molecule has 1 saturated heterocycles. The minimum Gasteiger partial charge on any atom is -0.355 e. The molecule has 1 aliphatic heterocycles. The molecule has 0 radical (unpaired) electrons. The van der Waals surface area contributed by atoms with Gasteiger partial charge in [0.1, 0.15) is 0 Å². The highest BCUT2D eigenvalue weighted by molar-refractivity contribution is 8.00. The van der Waals surface area contributed by atoms with Gasteiger partial charge in [0, 0.05) is 37.6 Å². The molecule has 4 nitrogen and oxygen atoms in total. The molecule has 2 rings (SSSR count). The number of piperazine rings is 1. The lowest BCUT2D eigenvalue weighted by Gasteiger charge is -2.32. The molecular weight excluding hydrogens is 318 g/mol. The maximum absolute atomic E-state index is 11.8. The van der Waals surface area contributed by atoms with Crippen LogP contribution in [0.25, 0.3) is 0 Å². The van der Waals surface area contributed by atoms with Crippen LogP contribution in [0.4, 0.5) is 0 Å². The minimum absolute atomic E-state index is 0.0725. The van der Waals surface area contributed by atoms with E-state index in [1.54, 1.807) is 0 Å². The summed E-state index contributed by atoms with van der Waals surface area (Å²) in [6.07, 6.45) is 1.01. The number of halogens is 1. The smallest absolute Gasteiger partial charge is 0.230 e. The van der Waals surface area contributed by atoms with E-state index in [9.17, 15) is 4.79 Å². The highest BCUT2D eigenvalue weighted by Gasteiger charge is 2.13. The first-order chi connectivity index (χ1) is 10.6. The van der Waals surface area contributed by atoms with Crippen LogP contribution in [0.5, 0.6) is 0 Å². The Labute approximate surface area is 142 Å². The molecule has 0 aliphatic carbocycles. The number of likely N-dealkylation sites (N-methyl/N-ethyl adjacent to an activating group) is 1. The fourth-order valence-electron chi connectivity index (χ4n) is 2.36. The topological polar surface area (TPSA) is 35.6 Å². The Morgan fingerprint density at radius 3 is 2.73 bits per heavy atom. The van der Waals surface area contributed by atoms with E-state index in [1.807, 2.05) is 24.3 Å². The van der Waals surface area contributed by atoms with Gasteiger partial charge in [-0.3, -0.25) is 4.79 Å². The highest BCUT2D eigenvalue weighted by atomic mass is 35.5. The standard InChI is InChI=1S/C16H24ClN3OS/c1-19-9-11-20(12-10-19)8-4-7-18-16(21)13-22-15-6-3-2-5-14(15)17/h2-3,5-6H,4,7-13H2,1H3,(H,18,21). The Kier molecular flexibility index (Phi) is 7.52. The second-order valence-electron chi connectivity index (χ2n) is 5.57. The maximum Gasteiger partial charge on any atom is 0.230 e. The molecule has 122 valence electrons. The Bertz CT molecular complexity index is 478. The summed E-state index contributed by atoms with van der Waals surface area (Å²) in [5.41, 5.74) is 0. The van der Waals surface area contributed by atoms with Gasteiger partial charge in [0.2, 0.25) is 5.91 Å². The van der Waals surface area contributed by atoms with Crippen LogP contribution in [0.3, 0.4) is 0 Å².